The minimum absolute atomic E-state index is 0.0752. The third-order valence-corrected chi connectivity index (χ3v) is 4.81. The number of amides is 1. The molecule has 0 spiro atoms. The number of halogens is 1. The molecule has 0 radical (unpaired) electrons. The zero-order chi connectivity index (χ0) is 16.1. The number of ether oxygens (including phenoxy) is 1. The highest BCUT2D eigenvalue weighted by Gasteiger charge is 2.13. The molecule has 0 saturated carbocycles. The maximum Gasteiger partial charge on any atom is 0.237 e. The van der Waals surface area contributed by atoms with Crippen molar-refractivity contribution in [3.63, 3.8) is 0 Å². The average Bonchev–Trinajstić information content (AvgIpc) is 2.52. The molecule has 0 aliphatic heterocycles. The predicted octanol–water partition coefficient (Wildman–Crippen LogP) is 4.52. The summed E-state index contributed by atoms with van der Waals surface area (Å²) >= 11 is 4.96. The van der Waals surface area contributed by atoms with Gasteiger partial charge in [-0.1, -0.05) is 15.9 Å². The maximum atomic E-state index is 12.3. The van der Waals surface area contributed by atoms with Crippen LogP contribution in [0.25, 0.3) is 0 Å². The lowest BCUT2D eigenvalue weighted by Crippen LogP contribution is -2.28. The van der Waals surface area contributed by atoms with E-state index in [1.165, 1.54) is 11.8 Å². The Balaban J connectivity index is 1.98. The lowest BCUT2D eigenvalue weighted by atomic mass is 10.2. The third-order valence-electron chi connectivity index (χ3n) is 3.32. The second-order valence-electron chi connectivity index (χ2n) is 4.85. The topological polar surface area (TPSA) is 29.5 Å². The minimum Gasteiger partial charge on any atom is -0.497 e. The molecule has 116 valence electrons. The van der Waals surface area contributed by atoms with Gasteiger partial charge in [-0.05, 0) is 55.0 Å². The maximum absolute atomic E-state index is 12.3. The van der Waals surface area contributed by atoms with Crippen LogP contribution in [0, 0.1) is 6.92 Å². The number of thioether (sulfide) groups is 1. The lowest BCUT2D eigenvalue weighted by Gasteiger charge is -2.19. The number of carbonyl (C=O) groups is 1. The Bertz CT molecular complexity index is 658. The summed E-state index contributed by atoms with van der Waals surface area (Å²) in [6, 6.07) is 13.6. The summed E-state index contributed by atoms with van der Waals surface area (Å²) in [4.78, 5) is 15.1. The van der Waals surface area contributed by atoms with E-state index in [4.69, 9.17) is 4.74 Å². The Morgan fingerprint density at radius 2 is 1.91 bits per heavy atom. The highest BCUT2D eigenvalue weighted by Crippen LogP contribution is 2.25. The molecule has 2 rings (SSSR count). The van der Waals surface area contributed by atoms with Crippen molar-refractivity contribution in [3.8, 4) is 5.75 Å². The number of methoxy groups -OCH3 is 1. The number of nitrogens with zero attached hydrogens (tertiary/aromatic N) is 1. The zero-order valence-electron chi connectivity index (χ0n) is 12.8. The summed E-state index contributed by atoms with van der Waals surface area (Å²) < 4.78 is 6.14. The Labute approximate surface area is 143 Å². The molecule has 0 atom stereocenters. The molecule has 1 amide bonds. The molecule has 2 aromatic rings. The van der Waals surface area contributed by atoms with Crippen molar-refractivity contribution in [1.82, 2.24) is 0 Å². The van der Waals surface area contributed by atoms with Crippen LogP contribution in [0.3, 0.4) is 0 Å². The first-order chi connectivity index (χ1) is 10.5. The summed E-state index contributed by atoms with van der Waals surface area (Å²) in [7, 11) is 3.45. The van der Waals surface area contributed by atoms with Gasteiger partial charge in [0.15, 0.2) is 0 Å². The van der Waals surface area contributed by atoms with Crippen LogP contribution >= 0.6 is 27.7 Å². The fourth-order valence-electron chi connectivity index (χ4n) is 2.04. The van der Waals surface area contributed by atoms with Crippen LogP contribution in [0.15, 0.2) is 51.8 Å². The molecule has 22 heavy (non-hydrogen) atoms. The van der Waals surface area contributed by atoms with Gasteiger partial charge in [0.25, 0.3) is 0 Å². The van der Waals surface area contributed by atoms with Crippen molar-refractivity contribution >= 4 is 39.3 Å². The van der Waals surface area contributed by atoms with E-state index >= 15 is 0 Å². The highest BCUT2D eigenvalue weighted by atomic mass is 79.9. The van der Waals surface area contributed by atoms with Crippen LogP contribution in [0.1, 0.15) is 5.56 Å². The lowest BCUT2D eigenvalue weighted by molar-refractivity contribution is -0.115. The van der Waals surface area contributed by atoms with Crippen molar-refractivity contribution in [1.29, 1.82) is 0 Å². The molecular weight excluding hydrogens is 362 g/mol. The number of hydrogen-bond acceptors (Lipinski definition) is 3. The van der Waals surface area contributed by atoms with Gasteiger partial charge in [-0.25, -0.2) is 0 Å². The van der Waals surface area contributed by atoms with E-state index in [0.717, 1.165) is 26.4 Å². The second-order valence-corrected chi connectivity index (χ2v) is 6.81. The molecule has 0 N–H and O–H groups in total. The molecule has 0 bridgehead atoms. The molecule has 0 unspecified atom stereocenters. The first kappa shape index (κ1) is 16.9. The molecule has 3 nitrogen and oxygen atoms in total. The van der Waals surface area contributed by atoms with Crippen LogP contribution in [0.4, 0.5) is 5.69 Å². The van der Waals surface area contributed by atoms with Gasteiger partial charge in [-0.2, -0.15) is 0 Å². The van der Waals surface area contributed by atoms with Gasteiger partial charge in [0.2, 0.25) is 5.91 Å². The van der Waals surface area contributed by atoms with Crippen LogP contribution < -0.4 is 9.64 Å². The number of hydrogen-bond donors (Lipinski definition) is 0. The van der Waals surface area contributed by atoms with Gasteiger partial charge in [-0.3, -0.25) is 4.79 Å². The van der Waals surface area contributed by atoms with Crippen molar-refractivity contribution in [2.75, 3.05) is 24.8 Å². The predicted molar refractivity (Wildman–Crippen MR) is 96.0 cm³/mol. The summed E-state index contributed by atoms with van der Waals surface area (Å²) in [6.07, 6.45) is 0. The van der Waals surface area contributed by atoms with Gasteiger partial charge in [0.1, 0.15) is 5.75 Å². The summed E-state index contributed by atoms with van der Waals surface area (Å²) in [5, 5.41) is 0. The van der Waals surface area contributed by atoms with E-state index in [1.54, 1.807) is 12.0 Å². The number of rotatable bonds is 5. The molecule has 0 saturated heterocycles. The highest BCUT2D eigenvalue weighted by molar-refractivity contribution is 9.10. The van der Waals surface area contributed by atoms with Gasteiger partial charge < -0.3 is 9.64 Å². The fraction of sp³-hybridized carbons (Fsp3) is 0.235. The smallest absolute Gasteiger partial charge is 0.237 e. The molecule has 0 fully saturated rings. The normalized spacial score (nSPS) is 10.4. The monoisotopic (exact) mass is 379 g/mol. The van der Waals surface area contributed by atoms with Gasteiger partial charge in [0, 0.05) is 22.1 Å². The number of benzene rings is 2. The molecule has 5 heteroatoms. The minimum atomic E-state index is 0.0752. The Kier molecular flexibility index (Phi) is 5.91. The molecule has 2 aromatic carbocycles. The second kappa shape index (κ2) is 7.70. The van der Waals surface area contributed by atoms with Crippen LogP contribution in [-0.2, 0) is 4.79 Å². The van der Waals surface area contributed by atoms with E-state index in [0.29, 0.717) is 5.75 Å². The van der Waals surface area contributed by atoms with Crippen LogP contribution in [-0.4, -0.2) is 25.8 Å². The third kappa shape index (κ3) is 4.27. The standard InChI is InChI=1S/C17H18BrNO2S/c1-12-10-13(18)4-9-16(12)19(2)17(20)11-22-15-7-5-14(21-3)6-8-15/h4-10H,11H2,1-3H3. The van der Waals surface area contributed by atoms with Crippen molar-refractivity contribution in [3.05, 3.63) is 52.5 Å². The largest absolute Gasteiger partial charge is 0.497 e. The van der Waals surface area contributed by atoms with Crippen molar-refractivity contribution in [2.24, 2.45) is 0 Å². The van der Waals surface area contributed by atoms with Crippen LogP contribution in [0.2, 0.25) is 0 Å². The van der Waals surface area contributed by atoms with Gasteiger partial charge in [-0.15, -0.1) is 11.8 Å². The Morgan fingerprint density at radius 1 is 1.23 bits per heavy atom. The molecule has 0 aliphatic carbocycles. The number of anilines is 1. The van der Waals surface area contributed by atoms with E-state index in [-0.39, 0.29) is 5.91 Å². The van der Waals surface area contributed by atoms with Crippen LogP contribution in [0.5, 0.6) is 5.75 Å². The zero-order valence-corrected chi connectivity index (χ0v) is 15.2. The quantitative estimate of drug-likeness (QED) is 0.715. The Hall–Kier alpha value is -1.46. The fourth-order valence-corrected chi connectivity index (χ4v) is 3.33. The van der Waals surface area contributed by atoms with E-state index in [9.17, 15) is 4.79 Å². The van der Waals surface area contributed by atoms with E-state index in [2.05, 4.69) is 15.9 Å². The van der Waals surface area contributed by atoms with E-state index < -0.39 is 0 Å². The SMILES string of the molecule is COc1ccc(SCC(=O)N(C)c2ccc(Br)cc2C)cc1. The van der Waals surface area contributed by atoms with Crippen molar-refractivity contribution in [2.45, 2.75) is 11.8 Å². The molecular formula is C17H18BrNO2S. The number of aryl methyl sites for hydroxylation is 1. The first-order valence-electron chi connectivity index (χ1n) is 6.81. The first-order valence-corrected chi connectivity index (χ1v) is 8.58. The molecule has 0 aliphatic rings. The van der Waals surface area contributed by atoms with Gasteiger partial charge in [0.05, 0.1) is 12.9 Å². The summed E-state index contributed by atoms with van der Waals surface area (Å²) in [5.74, 6) is 1.29. The Morgan fingerprint density at radius 3 is 2.50 bits per heavy atom. The summed E-state index contributed by atoms with van der Waals surface area (Å²) in [6.45, 7) is 2.00. The van der Waals surface area contributed by atoms with E-state index in [1.807, 2.05) is 56.4 Å². The summed E-state index contributed by atoms with van der Waals surface area (Å²) in [5.41, 5.74) is 2.00. The van der Waals surface area contributed by atoms with Gasteiger partial charge >= 0.3 is 0 Å². The van der Waals surface area contributed by atoms with Crippen molar-refractivity contribution < 1.29 is 9.53 Å². The molecule has 0 heterocycles. The number of carbonyl (C=O) groups excluding carboxylic acids is 1. The molecule has 0 aromatic heterocycles. The average molecular weight is 380 g/mol.